The Morgan fingerprint density at radius 3 is 2.35 bits per heavy atom. The van der Waals surface area contributed by atoms with Gasteiger partial charge < -0.3 is 15.2 Å². The number of benzene rings is 1. The Balaban J connectivity index is 2.28. The number of hydrogen-bond donors (Lipinski definition) is 1. The van der Waals surface area contributed by atoms with Crippen LogP contribution in [0.25, 0.3) is 0 Å². The summed E-state index contributed by atoms with van der Waals surface area (Å²) in [6, 6.07) is 7.04. The van der Waals surface area contributed by atoms with Crippen molar-refractivity contribution >= 4 is 11.7 Å². The molecule has 0 spiro atoms. The van der Waals surface area contributed by atoms with Crippen molar-refractivity contribution in [1.82, 2.24) is 0 Å². The van der Waals surface area contributed by atoms with Crippen LogP contribution in [0.1, 0.15) is 27.2 Å². The smallest absolute Gasteiger partial charge is 0.309 e. The van der Waals surface area contributed by atoms with Crippen molar-refractivity contribution in [2.45, 2.75) is 32.8 Å². The van der Waals surface area contributed by atoms with Crippen molar-refractivity contribution in [3.05, 3.63) is 24.3 Å². The van der Waals surface area contributed by atoms with Crippen molar-refractivity contribution in [3.63, 3.8) is 0 Å². The van der Waals surface area contributed by atoms with Gasteiger partial charge in [-0.2, -0.15) is 0 Å². The molecule has 0 amide bonds. The number of anilines is 1. The molecule has 0 radical (unpaired) electrons. The Hall–Kier alpha value is -1.71. The summed E-state index contributed by atoms with van der Waals surface area (Å²) in [5, 5.41) is 0. The van der Waals surface area contributed by atoms with Crippen LogP contribution in [-0.4, -0.2) is 18.2 Å². The van der Waals surface area contributed by atoms with Crippen LogP contribution in [0.4, 0.5) is 5.69 Å². The first-order chi connectivity index (χ1) is 7.87. The normalized spacial score (nSPS) is 11.0. The third kappa shape index (κ3) is 5.80. The molecular weight excluding hydrogens is 218 g/mol. The Kier molecular flexibility index (Phi) is 4.37. The summed E-state index contributed by atoms with van der Waals surface area (Å²) in [6.07, 6.45) is 0.238. The van der Waals surface area contributed by atoms with E-state index < -0.39 is 5.60 Å². The second-order valence-corrected chi connectivity index (χ2v) is 4.75. The highest BCUT2D eigenvalue weighted by Crippen LogP contribution is 2.14. The van der Waals surface area contributed by atoms with Gasteiger partial charge in [0, 0.05) is 5.69 Å². The molecule has 0 saturated heterocycles. The van der Waals surface area contributed by atoms with Crippen molar-refractivity contribution in [1.29, 1.82) is 0 Å². The molecule has 0 saturated carbocycles. The largest absolute Gasteiger partial charge is 0.493 e. The maximum Gasteiger partial charge on any atom is 0.309 e. The second kappa shape index (κ2) is 5.57. The summed E-state index contributed by atoms with van der Waals surface area (Å²) >= 11 is 0. The molecule has 4 heteroatoms. The first kappa shape index (κ1) is 13.4. The molecule has 1 rings (SSSR count). The van der Waals surface area contributed by atoms with Gasteiger partial charge in [-0.25, -0.2) is 0 Å². The van der Waals surface area contributed by atoms with Crippen LogP contribution in [0, 0.1) is 0 Å². The summed E-state index contributed by atoms with van der Waals surface area (Å²) < 4.78 is 10.5. The predicted molar refractivity (Wildman–Crippen MR) is 66.8 cm³/mol. The van der Waals surface area contributed by atoms with E-state index in [4.69, 9.17) is 15.2 Å². The summed E-state index contributed by atoms with van der Waals surface area (Å²) in [7, 11) is 0. The fourth-order valence-electron chi connectivity index (χ4n) is 1.21. The minimum Gasteiger partial charge on any atom is -0.493 e. The topological polar surface area (TPSA) is 61.5 Å². The Morgan fingerprint density at radius 1 is 1.24 bits per heavy atom. The molecule has 0 atom stereocenters. The third-order valence-corrected chi connectivity index (χ3v) is 1.88. The lowest BCUT2D eigenvalue weighted by Crippen LogP contribution is -2.24. The third-order valence-electron chi connectivity index (χ3n) is 1.88. The molecular formula is C13H19NO3. The van der Waals surface area contributed by atoms with Crippen LogP contribution < -0.4 is 10.5 Å². The van der Waals surface area contributed by atoms with Gasteiger partial charge in [-0.15, -0.1) is 0 Å². The zero-order valence-electron chi connectivity index (χ0n) is 10.5. The number of carbonyl (C=O) groups is 1. The van der Waals surface area contributed by atoms with Gasteiger partial charge in [0.25, 0.3) is 0 Å². The fourth-order valence-corrected chi connectivity index (χ4v) is 1.21. The fraction of sp³-hybridized carbons (Fsp3) is 0.462. The van der Waals surface area contributed by atoms with Crippen LogP contribution in [0.2, 0.25) is 0 Å². The number of carbonyl (C=O) groups excluding carboxylic acids is 1. The highest BCUT2D eigenvalue weighted by Gasteiger charge is 2.15. The van der Waals surface area contributed by atoms with Crippen LogP contribution in [0.15, 0.2) is 24.3 Å². The molecule has 0 aliphatic rings. The number of nitrogen functional groups attached to an aromatic ring is 1. The number of ether oxygens (including phenoxy) is 2. The van der Waals surface area contributed by atoms with Crippen LogP contribution >= 0.6 is 0 Å². The van der Waals surface area contributed by atoms with E-state index in [2.05, 4.69) is 0 Å². The summed E-state index contributed by atoms with van der Waals surface area (Å²) in [5.41, 5.74) is 5.78. The van der Waals surface area contributed by atoms with Gasteiger partial charge in [0.05, 0.1) is 13.0 Å². The molecule has 0 heterocycles. The van der Waals surface area contributed by atoms with Crippen molar-refractivity contribution in [3.8, 4) is 5.75 Å². The zero-order chi connectivity index (χ0) is 12.9. The van der Waals surface area contributed by atoms with Crippen LogP contribution in [0.5, 0.6) is 5.75 Å². The van der Waals surface area contributed by atoms with Crippen LogP contribution in [0.3, 0.4) is 0 Å². The maximum absolute atomic E-state index is 11.4. The molecule has 4 nitrogen and oxygen atoms in total. The molecule has 0 bridgehead atoms. The van der Waals surface area contributed by atoms with E-state index in [1.807, 2.05) is 20.8 Å². The van der Waals surface area contributed by atoms with Gasteiger partial charge in [-0.3, -0.25) is 4.79 Å². The number of rotatable bonds is 4. The van der Waals surface area contributed by atoms with Gasteiger partial charge in [-0.05, 0) is 45.0 Å². The van der Waals surface area contributed by atoms with Gasteiger partial charge in [-0.1, -0.05) is 0 Å². The van der Waals surface area contributed by atoms with Gasteiger partial charge in [0.1, 0.15) is 11.4 Å². The SMILES string of the molecule is CC(C)(C)OC(=O)CCOc1ccc(N)cc1. The molecule has 0 aliphatic carbocycles. The molecule has 2 N–H and O–H groups in total. The van der Waals surface area contributed by atoms with Crippen molar-refractivity contribution < 1.29 is 14.3 Å². The lowest BCUT2D eigenvalue weighted by molar-refractivity contribution is -0.155. The minimum absolute atomic E-state index is 0.238. The van der Waals surface area contributed by atoms with Gasteiger partial charge in [0.2, 0.25) is 0 Å². The molecule has 17 heavy (non-hydrogen) atoms. The van der Waals surface area contributed by atoms with E-state index in [1.165, 1.54) is 0 Å². The Morgan fingerprint density at radius 2 is 1.82 bits per heavy atom. The number of nitrogens with two attached hydrogens (primary N) is 1. The molecule has 94 valence electrons. The van der Waals surface area contributed by atoms with E-state index in [1.54, 1.807) is 24.3 Å². The Bertz CT molecular complexity index is 365. The highest BCUT2D eigenvalue weighted by molar-refractivity contribution is 5.69. The van der Waals surface area contributed by atoms with E-state index >= 15 is 0 Å². The van der Waals surface area contributed by atoms with E-state index in [0.29, 0.717) is 18.0 Å². The molecule has 0 aromatic heterocycles. The Labute approximate surface area is 102 Å². The molecule has 0 aliphatic heterocycles. The van der Waals surface area contributed by atoms with Gasteiger partial charge in [0.15, 0.2) is 0 Å². The first-order valence-electron chi connectivity index (χ1n) is 5.57. The summed E-state index contributed by atoms with van der Waals surface area (Å²) in [5.74, 6) is 0.440. The van der Waals surface area contributed by atoms with E-state index in [-0.39, 0.29) is 12.4 Å². The van der Waals surface area contributed by atoms with Gasteiger partial charge >= 0.3 is 5.97 Å². The van der Waals surface area contributed by atoms with E-state index in [9.17, 15) is 4.79 Å². The second-order valence-electron chi connectivity index (χ2n) is 4.75. The molecule has 0 fully saturated rings. The predicted octanol–water partition coefficient (Wildman–Crippen LogP) is 2.38. The molecule has 0 unspecified atom stereocenters. The van der Waals surface area contributed by atoms with Crippen molar-refractivity contribution in [2.75, 3.05) is 12.3 Å². The quantitative estimate of drug-likeness (QED) is 0.645. The van der Waals surface area contributed by atoms with Crippen LogP contribution in [-0.2, 0) is 9.53 Å². The molecule has 1 aromatic rings. The zero-order valence-corrected chi connectivity index (χ0v) is 10.5. The van der Waals surface area contributed by atoms with E-state index in [0.717, 1.165) is 0 Å². The van der Waals surface area contributed by atoms with Crippen molar-refractivity contribution in [2.24, 2.45) is 0 Å². The lowest BCUT2D eigenvalue weighted by atomic mass is 10.2. The number of esters is 1. The summed E-state index contributed by atoms with van der Waals surface area (Å²) in [6.45, 7) is 5.82. The average Bonchev–Trinajstić information content (AvgIpc) is 2.18. The standard InChI is InChI=1S/C13H19NO3/c1-13(2,3)17-12(15)8-9-16-11-6-4-10(14)5-7-11/h4-7H,8-9,14H2,1-3H3. The highest BCUT2D eigenvalue weighted by atomic mass is 16.6. The lowest BCUT2D eigenvalue weighted by Gasteiger charge is -2.19. The number of hydrogen-bond acceptors (Lipinski definition) is 4. The average molecular weight is 237 g/mol. The maximum atomic E-state index is 11.4. The monoisotopic (exact) mass is 237 g/mol. The first-order valence-corrected chi connectivity index (χ1v) is 5.57. The summed E-state index contributed by atoms with van der Waals surface area (Å²) in [4.78, 5) is 11.4. The molecule has 1 aromatic carbocycles. The minimum atomic E-state index is -0.446.